The van der Waals surface area contributed by atoms with Crippen LogP contribution in [0.2, 0.25) is 0 Å². The van der Waals surface area contributed by atoms with Crippen molar-refractivity contribution in [2.45, 2.75) is 20.3 Å². The molecule has 0 aromatic heterocycles. The van der Waals surface area contributed by atoms with Crippen LogP contribution in [-0.4, -0.2) is 24.4 Å². The maximum Gasteiger partial charge on any atom is 0.253 e. The largest absolute Gasteiger partial charge is 0.398 e. The normalized spacial score (nSPS) is 10.1. The van der Waals surface area contributed by atoms with Gasteiger partial charge in [0.15, 0.2) is 0 Å². The Morgan fingerprint density at radius 2 is 2.13 bits per heavy atom. The molecule has 0 fully saturated rings. The lowest BCUT2D eigenvalue weighted by molar-refractivity contribution is 0.0795. The molecule has 1 aromatic rings. The highest BCUT2D eigenvalue weighted by atomic mass is 16.2. The van der Waals surface area contributed by atoms with Crippen LogP contribution in [0.4, 0.5) is 5.69 Å². The monoisotopic (exact) mass is 206 g/mol. The molecule has 3 nitrogen and oxygen atoms in total. The third kappa shape index (κ3) is 2.72. The summed E-state index contributed by atoms with van der Waals surface area (Å²) >= 11 is 0. The van der Waals surface area contributed by atoms with Crippen LogP contribution in [0.3, 0.4) is 0 Å². The maximum absolute atomic E-state index is 11.9. The van der Waals surface area contributed by atoms with Gasteiger partial charge in [-0.1, -0.05) is 13.0 Å². The molecule has 1 rings (SSSR count). The summed E-state index contributed by atoms with van der Waals surface area (Å²) in [5.41, 5.74) is 8.10. The molecule has 15 heavy (non-hydrogen) atoms. The van der Waals surface area contributed by atoms with Crippen molar-refractivity contribution in [3.05, 3.63) is 29.3 Å². The SMILES string of the molecule is CCCN(C)C(=O)c1ccc(C)c(N)c1. The van der Waals surface area contributed by atoms with Gasteiger partial charge in [0, 0.05) is 24.8 Å². The molecule has 0 spiro atoms. The van der Waals surface area contributed by atoms with E-state index in [0.29, 0.717) is 11.3 Å². The predicted molar refractivity (Wildman–Crippen MR) is 62.8 cm³/mol. The molecular formula is C12H18N2O. The number of nitrogens with two attached hydrogens (primary N) is 1. The topological polar surface area (TPSA) is 46.3 Å². The molecule has 3 heteroatoms. The van der Waals surface area contributed by atoms with Crippen molar-refractivity contribution in [2.24, 2.45) is 0 Å². The van der Waals surface area contributed by atoms with Crippen molar-refractivity contribution in [1.29, 1.82) is 0 Å². The number of hydrogen-bond acceptors (Lipinski definition) is 2. The first-order chi connectivity index (χ1) is 7.06. The third-order valence-electron chi connectivity index (χ3n) is 2.43. The van der Waals surface area contributed by atoms with Crippen LogP contribution in [0.15, 0.2) is 18.2 Å². The second kappa shape index (κ2) is 4.82. The minimum absolute atomic E-state index is 0.0311. The zero-order valence-corrected chi connectivity index (χ0v) is 9.58. The van der Waals surface area contributed by atoms with E-state index in [0.717, 1.165) is 18.5 Å². The summed E-state index contributed by atoms with van der Waals surface area (Å²) in [6, 6.07) is 5.44. The highest BCUT2D eigenvalue weighted by Gasteiger charge is 2.11. The molecule has 0 heterocycles. The molecule has 0 unspecified atom stereocenters. The summed E-state index contributed by atoms with van der Waals surface area (Å²) in [7, 11) is 1.81. The summed E-state index contributed by atoms with van der Waals surface area (Å²) in [4.78, 5) is 13.6. The number of anilines is 1. The number of benzene rings is 1. The van der Waals surface area contributed by atoms with E-state index in [1.54, 1.807) is 11.0 Å². The number of amides is 1. The van der Waals surface area contributed by atoms with E-state index < -0.39 is 0 Å². The van der Waals surface area contributed by atoms with Gasteiger partial charge in [0.1, 0.15) is 0 Å². The highest BCUT2D eigenvalue weighted by molar-refractivity contribution is 5.95. The van der Waals surface area contributed by atoms with Crippen molar-refractivity contribution in [3.63, 3.8) is 0 Å². The van der Waals surface area contributed by atoms with Gasteiger partial charge in [-0.2, -0.15) is 0 Å². The Bertz CT molecular complexity index is 361. The van der Waals surface area contributed by atoms with Crippen molar-refractivity contribution < 1.29 is 4.79 Å². The summed E-state index contributed by atoms with van der Waals surface area (Å²) < 4.78 is 0. The molecule has 1 aromatic carbocycles. The molecule has 0 radical (unpaired) electrons. The minimum atomic E-state index is 0.0311. The van der Waals surface area contributed by atoms with Crippen molar-refractivity contribution >= 4 is 11.6 Å². The first-order valence-electron chi connectivity index (χ1n) is 5.17. The number of aryl methyl sites for hydroxylation is 1. The Morgan fingerprint density at radius 3 is 2.67 bits per heavy atom. The molecule has 1 amide bonds. The summed E-state index contributed by atoms with van der Waals surface area (Å²) in [5.74, 6) is 0.0311. The fourth-order valence-electron chi connectivity index (χ4n) is 1.43. The minimum Gasteiger partial charge on any atom is -0.398 e. The lowest BCUT2D eigenvalue weighted by Gasteiger charge is -2.16. The zero-order valence-electron chi connectivity index (χ0n) is 9.58. The Labute approximate surface area is 90.9 Å². The van der Waals surface area contributed by atoms with E-state index in [1.165, 1.54) is 0 Å². The second-order valence-corrected chi connectivity index (χ2v) is 3.80. The number of carbonyl (C=O) groups excluding carboxylic acids is 1. The average molecular weight is 206 g/mol. The molecular weight excluding hydrogens is 188 g/mol. The second-order valence-electron chi connectivity index (χ2n) is 3.80. The van der Waals surface area contributed by atoms with Gasteiger partial charge >= 0.3 is 0 Å². The number of nitrogens with zero attached hydrogens (tertiary/aromatic N) is 1. The van der Waals surface area contributed by atoms with E-state index in [2.05, 4.69) is 0 Å². The third-order valence-corrected chi connectivity index (χ3v) is 2.43. The first-order valence-corrected chi connectivity index (χ1v) is 5.17. The number of hydrogen-bond donors (Lipinski definition) is 1. The summed E-state index contributed by atoms with van der Waals surface area (Å²) in [6.07, 6.45) is 0.962. The molecule has 0 aliphatic carbocycles. The summed E-state index contributed by atoms with van der Waals surface area (Å²) in [6.45, 7) is 4.75. The fraction of sp³-hybridized carbons (Fsp3) is 0.417. The van der Waals surface area contributed by atoms with Gasteiger partial charge in [0.25, 0.3) is 5.91 Å². The highest BCUT2D eigenvalue weighted by Crippen LogP contribution is 2.14. The van der Waals surface area contributed by atoms with Crippen LogP contribution in [0, 0.1) is 6.92 Å². The molecule has 0 aliphatic rings. The molecule has 82 valence electrons. The van der Waals surface area contributed by atoms with Gasteiger partial charge < -0.3 is 10.6 Å². The van der Waals surface area contributed by atoms with Crippen LogP contribution < -0.4 is 5.73 Å². The maximum atomic E-state index is 11.9. The van der Waals surface area contributed by atoms with Crippen LogP contribution >= 0.6 is 0 Å². The summed E-state index contributed by atoms with van der Waals surface area (Å²) in [5, 5.41) is 0. The van der Waals surface area contributed by atoms with Crippen molar-refractivity contribution in [1.82, 2.24) is 4.90 Å². The zero-order chi connectivity index (χ0) is 11.4. The molecule has 0 bridgehead atoms. The van der Waals surface area contributed by atoms with Gasteiger partial charge in [0.05, 0.1) is 0 Å². The first kappa shape index (κ1) is 11.6. The number of nitrogen functional groups attached to an aromatic ring is 1. The standard InChI is InChI=1S/C12H18N2O/c1-4-7-14(3)12(15)10-6-5-9(2)11(13)8-10/h5-6,8H,4,7,13H2,1-3H3. The number of rotatable bonds is 3. The van der Waals surface area contributed by atoms with E-state index in [1.807, 2.05) is 33.0 Å². The Hall–Kier alpha value is -1.51. The molecule has 0 aliphatic heterocycles. The van der Waals surface area contributed by atoms with Crippen molar-refractivity contribution in [2.75, 3.05) is 19.3 Å². The predicted octanol–water partition coefficient (Wildman–Crippen LogP) is 2.06. The quantitative estimate of drug-likeness (QED) is 0.769. The van der Waals surface area contributed by atoms with Gasteiger partial charge in [-0.3, -0.25) is 4.79 Å². The molecule has 0 atom stereocenters. The van der Waals surface area contributed by atoms with Gasteiger partial charge in [-0.25, -0.2) is 0 Å². The Balaban J connectivity index is 2.87. The van der Waals surface area contributed by atoms with Gasteiger partial charge in [-0.05, 0) is 31.0 Å². The lowest BCUT2D eigenvalue weighted by Crippen LogP contribution is -2.27. The number of carbonyl (C=O) groups is 1. The van der Waals surface area contributed by atoms with Crippen molar-refractivity contribution in [3.8, 4) is 0 Å². The fourth-order valence-corrected chi connectivity index (χ4v) is 1.43. The van der Waals surface area contributed by atoms with Crippen LogP contribution in [-0.2, 0) is 0 Å². The van der Waals surface area contributed by atoms with E-state index in [-0.39, 0.29) is 5.91 Å². The Kier molecular flexibility index (Phi) is 3.72. The smallest absolute Gasteiger partial charge is 0.253 e. The molecule has 0 saturated carbocycles. The van der Waals surface area contributed by atoms with E-state index >= 15 is 0 Å². The van der Waals surface area contributed by atoms with E-state index in [4.69, 9.17) is 5.73 Å². The van der Waals surface area contributed by atoms with E-state index in [9.17, 15) is 4.79 Å². The Morgan fingerprint density at radius 1 is 1.47 bits per heavy atom. The van der Waals surface area contributed by atoms with Crippen LogP contribution in [0.5, 0.6) is 0 Å². The van der Waals surface area contributed by atoms with Crippen LogP contribution in [0.1, 0.15) is 29.3 Å². The van der Waals surface area contributed by atoms with Crippen LogP contribution in [0.25, 0.3) is 0 Å². The molecule has 0 saturated heterocycles. The van der Waals surface area contributed by atoms with Gasteiger partial charge in [0.2, 0.25) is 0 Å². The van der Waals surface area contributed by atoms with Gasteiger partial charge in [-0.15, -0.1) is 0 Å². The average Bonchev–Trinajstić information content (AvgIpc) is 2.21. The molecule has 2 N–H and O–H groups in total. The lowest BCUT2D eigenvalue weighted by atomic mass is 10.1.